The molecule has 0 saturated heterocycles. The monoisotopic (exact) mass is 289 g/mol. The summed E-state index contributed by atoms with van der Waals surface area (Å²) in [6.07, 6.45) is 1.63. The number of benzene rings is 1. The van der Waals surface area contributed by atoms with Crippen LogP contribution in [-0.2, 0) is 10.0 Å². The number of sulfonamides is 1. The van der Waals surface area contributed by atoms with E-state index in [1.54, 1.807) is 37.4 Å². The first-order valence-electron chi connectivity index (χ1n) is 6.11. The highest BCUT2D eigenvalue weighted by atomic mass is 32.2. The molecule has 0 N–H and O–H groups in total. The van der Waals surface area contributed by atoms with E-state index in [-0.39, 0.29) is 4.90 Å². The molecule has 1 atom stereocenters. The van der Waals surface area contributed by atoms with Crippen molar-refractivity contribution in [1.29, 1.82) is 5.26 Å². The van der Waals surface area contributed by atoms with Gasteiger partial charge in [-0.05, 0) is 37.6 Å². The molecule has 0 fully saturated rings. The van der Waals surface area contributed by atoms with E-state index in [1.165, 1.54) is 7.05 Å². The van der Waals surface area contributed by atoms with Gasteiger partial charge in [0.2, 0.25) is 10.0 Å². The van der Waals surface area contributed by atoms with Crippen molar-refractivity contribution in [3.8, 4) is 6.07 Å². The van der Waals surface area contributed by atoms with Crippen LogP contribution in [0.15, 0.2) is 35.4 Å². The summed E-state index contributed by atoms with van der Waals surface area (Å²) in [5.74, 6) is 0. The summed E-state index contributed by atoms with van der Waals surface area (Å²) >= 11 is 0. The van der Waals surface area contributed by atoms with Crippen LogP contribution in [0.2, 0.25) is 0 Å². The van der Waals surface area contributed by atoms with Gasteiger partial charge in [0.05, 0.1) is 16.5 Å². The smallest absolute Gasteiger partial charge is 0.244 e. The minimum Gasteiger partial charge on any atom is -0.256 e. The molecule has 1 aromatic heterocycles. The van der Waals surface area contributed by atoms with Crippen molar-refractivity contribution < 1.29 is 8.42 Å². The Kier molecular flexibility index (Phi) is 3.75. The second kappa shape index (κ2) is 5.19. The Balaban J connectivity index is 2.71. The van der Waals surface area contributed by atoms with Crippen molar-refractivity contribution in [2.75, 3.05) is 7.05 Å². The zero-order chi connectivity index (χ0) is 14.9. The predicted octanol–water partition coefficient (Wildman–Crippen LogP) is 2.08. The summed E-state index contributed by atoms with van der Waals surface area (Å²) in [5, 5.41) is 9.48. The molecule has 2 aromatic rings. The van der Waals surface area contributed by atoms with Crippen LogP contribution < -0.4 is 0 Å². The molecule has 0 aliphatic rings. The van der Waals surface area contributed by atoms with Crippen molar-refractivity contribution in [3.05, 3.63) is 36.0 Å². The van der Waals surface area contributed by atoms with E-state index >= 15 is 0 Å². The normalized spacial score (nSPS) is 13.3. The van der Waals surface area contributed by atoms with Gasteiger partial charge in [-0.25, -0.2) is 8.42 Å². The molecule has 104 valence electrons. The fourth-order valence-electron chi connectivity index (χ4n) is 1.96. The molecule has 20 heavy (non-hydrogen) atoms. The lowest BCUT2D eigenvalue weighted by Crippen LogP contribution is -2.34. The van der Waals surface area contributed by atoms with Gasteiger partial charge in [-0.3, -0.25) is 4.98 Å². The minimum atomic E-state index is -3.72. The molecular weight excluding hydrogens is 274 g/mol. The van der Waals surface area contributed by atoms with E-state index in [0.29, 0.717) is 10.9 Å². The van der Waals surface area contributed by atoms with Gasteiger partial charge in [-0.15, -0.1) is 0 Å². The summed E-state index contributed by atoms with van der Waals surface area (Å²) in [6.45, 7) is 3.43. The predicted molar refractivity (Wildman–Crippen MR) is 76.5 cm³/mol. The molecule has 0 bridgehead atoms. The Morgan fingerprint density at radius 3 is 2.70 bits per heavy atom. The summed E-state index contributed by atoms with van der Waals surface area (Å²) in [7, 11) is -2.31. The molecule has 5 nitrogen and oxygen atoms in total. The van der Waals surface area contributed by atoms with Crippen molar-refractivity contribution in [1.82, 2.24) is 9.29 Å². The van der Waals surface area contributed by atoms with Crippen molar-refractivity contribution in [2.24, 2.45) is 0 Å². The van der Waals surface area contributed by atoms with E-state index < -0.39 is 16.1 Å². The topological polar surface area (TPSA) is 74.1 Å². The lowest BCUT2D eigenvalue weighted by atomic mass is 10.1. The molecule has 0 saturated carbocycles. The average molecular weight is 289 g/mol. The summed E-state index contributed by atoms with van der Waals surface area (Å²) in [6, 6.07) is 7.93. The first kappa shape index (κ1) is 14.4. The molecule has 0 aliphatic carbocycles. The van der Waals surface area contributed by atoms with Crippen LogP contribution in [0.25, 0.3) is 10.9 Å². The van der Waals surface area contributed by atoms with E-state index in [9.17, 15) is 8.42 Å². The average Bonchev–Trinajstić information content (AvgIpc) is 2.46. The van der Waals surface area contributed by atoms with Crippen LogP contribution in [-0.4, -0.2) is 30.8 Å². The number of rotatable bonds is 3. The van der Waals surface area contributed by atoms with E-state index in [2.05, 4.69) is 4.98 Å². The lowest BCUT2D eigenvalue weighted by molar-refractivity contribution is 0.442. The Morgan fingerprint density at radius 1 is 1.35 bits per heavy atom. The van der Waals surface area contributed by atoms with Gasteiger partial charge in [0.25, 0.3) is 0 Å². The number of pyridine rings is 1. The number of hydrogen-bond donors (Lipinski definition) is 0. The Morgan fingerprint density at radius 2 is 2.05 bits per heavy atom. The van der Waals surface area contributed by atoms with Crippen LogP contribution in [0.5, 0.6) is 0 Å². The third-order valence-electron chi connectivity index (χ3n) is 3.32. The number of fused-ring (bicyclic) bond motifs is 1. The van der Waals surface area contributed by atoms with Crippen LogP contribution in [0.4, 0.5) is 0 Å². The third-order valence-corrected chi connectivity index (χ3v) is 5.31. The van der Waals surface area contributed by atoms with Crippen molar-refractivity contribution >= 4 is 20.9 Å². The van der Waals surface area contributed by atoms with E-state index in [0.717, 1.165) is 9.87 Å². The van der Waals surface area contributed by atoms with Gasteiger partial charge in [0.15, 0.2) is 0 Å². The van der Waals surface area contributed by atoms with Gasteiger partial charge in [-0.2, -0.15) is 9.57 Å². The van der Waals surface area contributed by atoms with Gasteiger partial charge in [0.1, 0.15) is 6.04 Å². The molecule has 1 aromatic carbocycles. The molecule has 0 radical (unpaired) electrons. The fraction of sp³-hybridized carbons (Fsp3) is 0.286. The zero-order valence-electron chi connectivity index (χ0n) is 11.5. The summed E-state index contributed by atoms with van der Waals surface area (Å²) < 4.78 is 26.3. The zero-order valence-corrected chi connectivity index (χ0v) is 12.3. The van der Waals surface area contributed by atoms with Crippen molar-refractivity contribution in [3.63, 3.8) is 0 Å². The quantitative estimate of drug-likeness (QED) is 0.867. The molecule has 6 heteroatoms. The number of hydrogen-bond acceptors (Lipinski definition) is 4. The van der Waals surface area contributed by atoms with Crippen LogP contribution in [0.1, 0.15) is 12.5 Å². The SMILES string of the molecule is Cc1ccc(S(=O)(=O)N(C)C(C)C#N)c2cccnc12. The molecule has 0 amide bonds. The molecule has 0 aliphatic heterocycles. The van der Waals surface area contributed by atoms with E-state index in [1.807, 2.05) is 13.0 Å². The highest BCUT2D eigenvalue weighted by Crippen LogP contribution is 2.26. The second-order valence-corrected chi connectivity index (χ2v) is 6.57. The van der Waals surface area contributed by atoms with Gasteiger partial charge < -0.3 is 0 Å². The van der Waals surface area contributed by atoms with Gasteiger partial charge in [-0.1, -0.05) is 6.07 Å². The van der Waals surface area contributed by atoms with Crippen LogP contribution in [0, 0.1) is 18.3 Å². The van der Waals surface area contributed by atoms with Crippen LogP contribution >= 0.6 is 0 Å². The largest absolute Gasteiger partial charge is 0.256 e. The highest BCUT2D eigenvalue weighted by molar-refractivity contribution is 7.89. The Labute approximate surface area is 118 Å². The lowest BCUT2D eigenvalue weighted by Gasteiger charge is -2.20. The molecule has 2 rings (SSSR count). The molecule has 0 spiro atoms. The minimum absolute atomic E-state index is 0.177. The third kappa shape index (κ3) is 2.26. The molecule has 1 unspecified atom stereocenters. The molecule has 1 heterocycles. The number of aryl methyl sites for hydroxylation is 1. The second-order valence-electron chi connectivity index (χ2n) is 4.61. The standard InChI is InChI=1S/C14H15N3O2S/c1-10-6-7-13(12-5-4-8-16-14(10)12)20(18,19)17(3)11(2)9-15/h4-8,11H,1-3H3. The van der Waals surface area contributed by atoms with E-state index in [4.69, 9.17) is 5.26 Å². The van der Waals surface area contributed by atoms with Crippen molar-refractivity contribution in [2.45, 2.75) is 24.8 Å². The maximum absolute atomic E-state index is 12.6. The maximum atomic E-state index is 12.6. The summed E-state index contributed by atoms with van der Waals surface area (Å²) in [4.78, 5) is 4.41. The Hall–Kier alpha value is -1.97. The first-order valence-corrected chi connectivity index (χ1v) is 7.55. The van der Waals surface area contributed by atoms with Gasteiger partial charge >= 0.3 is 0 Å². The first-order chi connectivity index (χ1) is 9.39. The summed E-state index contributed by atoms with van der Waals surface area (Å²) in [5.41, 5.74) is 1.57. The Bertz CT molecular complexity index is 794. The number of nitriles is 1. The fourth-order valence-corrected chi connectivity index (χ4v) is 3.41. The number of nitrogens with zero attached hydrogens (tertiary/aromatic N) is 3. The van der Waals surface area contributed by atoms with Gasteiger partial charge in [0, 0.05) is 18.6 Å². The molecular formula is C14H15N3O2S. The highest BCUT2D eigenvalue weighted by Gasteiger charge is 2.27. The maximum Gasteiger partial charge on any atom is 0.244 e. The van der Waals surface area contributed by atoms with Crippen LogP contribution in [0.3, 0.4) is 0 Å². The number of aromatic nitrogens is 1.